The molecule has 0 atom stereocenters. The summed E-state index contributed by atoms with van der Waals surface area (Å²) in [5.74, 6) is 0.170. The second-order valence-corrected chi connectivity index (χ2v) is 5.33. The fourth-order valence-corrected chi connectivity index (χ4v) is 2.19. The first-order valence-corrected chi connectivity index (χ1v) is 6.29. The molecule has 0 saturated heterocycles. The first-order chi connectivity index (χ1) is 6.04. The van der Waals surface area contributed by atoms with Crippen LogP contribution in [0.5, 0.6) is 0 Å². The zero-order valence-corrected chi connectivity index (χ0v) is 9.31. The van der Waals surface area contributed by atoms with E-state index in [2.05, 4.69) is 0 Å². The number of rotatable bonds is 7. The molecule has 13 heavy (non-hydrogen) atoms. The highest BCUT2D eigenvalue weighted by Crippen LogP contribution is 2.02. The van der Waals surface area contributed by atoms with Gasteiger partial charge >= 0.3 is 0 Å². The van der Waals surface area contributed by atoms with E-state index >= 15 is 0 Å². The van der Waals surface area contributed by atoms with Crippen molar-refractivity contribution in [1.82, 2.24) is 4.31 Å². The van der Waals surface area contributed by atoms with Crippen LogP contribution in [0.4, 0.5) is 0 Å². The monoisotopic (exact) mass is 208 g/mol. The number of hydrogen-bond acceptors (Lipinski definition) is 3. The quantitative estimate of drug-likeness (QED) is 0.658. The van der Waals surface area contributed by atoms with Crippen molar-refractivity contribution < 1.29 is 8.42 Å². The van der Waals surface area contributed by atoms with E-state index in [1.807, 2.05) is 6.92 Å². The second kappa shape index (κ2) is 6.34. The van der Waals surface area contributed by atoms with Gasteiger partial charge < -0.3 is 5.73 Å². The van der Waals surface area contributed by atoms with Crippen molar-refractivity contribution in [3.05, 3.63) is 0 Å². The van der Waals surface area contributed by atoms with Crippen LogP contribution in [-0.2, 0) is 10.0 Å². The van der Waals surface area contributed by atoms with E-state index in [-0.39, 0.29) is 5.75 Å². The van der Waals surface area contributed by atoms with Crippen molar-refractivity contribution in [2.75, 3.05) is 25.9 Å². The van der Waals surface area contributed by atoms with Gasteiger partial charge in [-0.25, -0.2) is 12.7 Å². The van der Waals surface area contributed by atoms with Crippen LogP contribution in [0, 0.1) is 0 Å². The van der Waals surface area contributed by atoms with Gasteiger partial charge in [0.2, 0.25) is 10.0 Å². The van der Waals surface area contributed by atoms with E-state index in [1.165, 1.54) is 4.31 Å². The summed E-state index contributed by atoms with van der Waals surface area (Å²) in [4.78, 5) is 0. The van der Waals surface area contributed by atoms with E-state index in [0.29, 0.717) is 19.5 Å². The molecule has 0 aliphatic carbocycles. The zero-order chi connectivity index (χ0) is 10.3. The maximum atomic E-state index is 11.5. The van der Waals surface area contributed by atoms with Crippen molar-refractivity contribution >= 4 is 10.0 Å². The number of nitrogens with zero attached hydrogens (tertiary/aromatic N) is 1. The van der Waals surface area contributed by atoms with Gasteiger partial charge in [-0.3, -0.25) is 0 Å². The van der Waals surface area contributed by atoms with Crippen molar-refractivity contribution in [2.24, 2.45) is 5.73 Å². The van der Waals surface area contributed by atoms with Crippen molar-refractivity contribution in [1.29, 1.82) is 0 Å². The number of nitrogens with two attached hydrogens (primary N) is 1. The third-order valence-electron chi connectivity index (χ3n) is 1.91. The maximum Gasteiger partial charge on any atom is 0.213 e. The van der Waals surface area contributed by atoms with E-state index in [1.54, 1.807) is 7.05 Å². The fourth-order valence-electron chi connectivity index (χ4n) is 0.941. The summed E-state index contributed by atoms with van der Waals surface area (Å²) in [6.07, 6.45) is 2.47. The Bertz CT molecular complexity index is 214. The van der Waals surface area contributed by atoms with E-state index in [0.717, 1.165) is 12.8 Å². The van der Waals surface area contributed by atoms with Crippen LogP contribution in [0.1, 0.15) is 26.2 Å². The Morgan fingerprint density at radius 2 is 1.92 bits per heavy atom. The molecule has 80 valence electrons. The summed E-state index contributed by atoms with van der Waals surface area (Å²) < 4.78 is 24.4. The minimum Gasteiger partial charge on any atom is -0.330 e. The summed E-state index contributed by atoms with van der Waals surface area (Å²) in [6.45, 7) is 3.09. The number of unbranched alkanes of at least 4 members (excludes halogenated alkanes) is 1. The molecule has 0 unspecified atom stereocenters. The minimum absolute atomic E-state index is 0.170. The van der Waals surface area contributed by atoms with Crippen LogP contribution in [0.15, 0.2) is 0 Å². The van der Waals surface area contributed by atoms with Gasteiger partial charge in [-0.2, -0.15) is 0 Å². The lowest BCUT2D eigenvalue weighted by molar-refractivity contribution is 0.458. The normalized spacial score (nSPS) is 12.3. The molecular weight excluding hydrogens is 188 g/mol. The topological polar surface area (TPSA) is 63.4 Å². The molecule has 0 aliphatic heterocycles. The highest BCUT2D eigenvalue weighted by atomic mass is 32.2. The molecule has 0 spiro atoms. The molecule has 0 aliphatic rings. The molecule has 0 aromatic rings. The largest absolute Gasteiger partial charge is 0.330 e. The molecular formula is C8H20N2O2S. The Hall–Kier alpha value is -0.130. The molecule has 0 radical (unpaired) electrons. The third-order valence-corrected chi connectivity index (χ3v) is 3.84. The fraction of sp³-hybridized carbons (Fsp3) is 1.00. The summed E-state index contributed by atoms with van der Waals surface area (Å²) in [5, 5.41) is 0. The summed E-state index contributed by atoms with van der Waals surface area (Å²) >= 11 is 0. The highest BCUT2D eigenvalue weighted by molar-refractivity contribution is 7.89. The Labute approximate surface area is 81.2 Å². The SMILES string of the molecule is CCCCN(C)S(=O)(=O)CCCN. The van der Waals surface area contributed by atoms with Crippen LogP contribution in [0.3, 0.4) is 0 Å². The summed E-state index contributed by atoms with van der Waals surface area (Å²) in [6, 6.07) is 0. The Morgan fingerprint density at radius 3 is 2.38 bits per heavy atom. The number of sulfonamides is 1. The zero-order valence-electron chi connectivity index (χ0n) is 8.49. The van der Waals surface area contributed by atoms with Crippen LogP contribution in [-0.4, -0.2) is 38.6 Å². The second-order valence-electron chi connectivity index (χ2n) is 3.13. The molecule has 0 saturated carbocycles. The first-order valence-electron chi connectivity index (χ1n) is 4.68. The van der Waals surface area contributed by atoms with Crippen molar-refractivity contribution in [3.63, 3.8) is 0 Å². The summed E-state index contributed by atoms with van der Waals surface area (Å²) in [7, 11) is -1.41. The average Bonchev–Trinajstić information content (AvgIpc) is 2.10. The molecule has 0 fully saturated rings. The predicted octanol–water partition coefficient (Wildman–Crippen LogP) is 0.397. The number of hydrogen-bond donors (Lipinski definition) is 1. The average molecular weight is 208 g/mol. The molecule has 5 heteroatoms. The Kier molecular flexibility index (Phi) is 6.28. The van der Waals surface area contributed by atoms with Gasteiger partial charge in [0.1, 0.15) is 0 Å². The van der Waals surface area contributed by atoms with E-state index in [4.69, 9.17) is 5.73 Å². The van der Waals surface area contributed by atoms with Gasteiger partial charge in [0.25, 0.3) is 0 Å². The van der Waals surface area contributed by atoms with Gasteiger partial charge in [-0.1, -0.05) is 13.3 Å². The van der Waals surface area contributed by atoms with Gasteiger partial charge in [0.15, 0.2) is 0 Å². The molecule has 0 heterocycles. The van der Waals surface area contributed by atoms with Crippen LogP contribution in [0.25, 0.3) is 0 Å². The third kappa shape index (κ3) is 5.23. The molecule has 2 N–H and O–H groups in total. The van der Waals surface area contributed by atoms with Crippen LogP contribution in [0.2, 0.25) is 0 Å². The molecule has 0 bridgehead atoms. The Balaban J connectivity index is 3.96. The van der Waals surface area contributed by atoms with Gasteiger partial charge in [0, 0.05) is 13.6 Å². The lowest BCUT2D eigenvalue weighted by atomic mass is 10.3. The van der Waals surface area contributed by atoms with Gasteiger partial charge in [0.05, 0.1) is 5.75 Å². The smallest absolute Gasteiger partial charge is 0.213 e. The van der Waals surface area contributed by atoms with Gasteiger partial charge in [-0.05, 0) is 19.4 Å². The molecule has 0 aromatic heterocycles. The minimum atomic E-state index is -3.04. The lowest BCUT2D eigenvalue weighted by Gasteiger charge is -2.16. The Morgan fingerprint density at radius 1 is 1.31 bits per heavy atom. The van der Waals surface area contributed by atoms with E-state index < -0.39 is 10.0 Å². The van der Waals surface area contributed by atoms with E-state index in [9.17, 15) is 8.42 Å². The lowest BCUT2D eigenvalue weighted by Crippen LogP contribution is -2.30. The molecule has 0 aromatic carbocycles. The van der Waals surface area contributed by atoms with Gasteiger partial charge in [-0.15, -0.1) is 0 Å². The molecule has 0 rings (SSSR count). The maximum absolute atomic E-state index is 11.5. The van der Waals surface area contributed by atoms with Crippen molar-refractivity contribution in [3.8, 4) is 0 Å². The predicted molar refractivity (Wildman–Crippen MR) is 55.0 cm³/mol. The highest BCUT2D eigenvalue weighted by Gasteiger charge is 2.15. The summed E-state index contributed by atoms with van der Waals surface area (Å²) in [5.41, 5.74) is 5.25. The van der Waals surface area contributed by atoms with Crippen LogP contribution < -0.4 is 5.73 Å². The van der Waals surface area contributed by atoms with Crippen molar-refractivity contribution in [2.45, 2.75) is 26.2 Å². The molecule has 4 nitrogen and oxygen atoms in total. The van der Waals surface area contributed by atoms with Crippen LogP contribution >= 0.6 is 0 Å². The standard InChI is InChI=1S/C8H20N2O2S/c1-3-4-7-10(2)13(11,12)8-5-6-9/h3-9H2,1-2H3. The molecule has 0 amide bonds. The first kappa shape index (κ1) is 12.9.